The van der Waals surface area contributed by atoms with Gasteiger partial charge in [0.25, 0.3) is 5.91 Å². The average Bonchev–Trinajstić information content (AvgIpc) is 2.62. The van der Waals surface area contributed by atoms with Gasteiger partial charge in [-0.1, -0.05) is 17.7 Å². The third-order valence-corrected chi connectivity index (χ3v) is 3.50. The summed E-state index contributed by atoms with van der Waals surface area (Å²) in [5, 5.41) is 14.4. The van der Waals surface area contributed by atoms with Crippen LogP contribution in [0.15, 0.2) is 23.3 Å². The van der Waals surface area contributed by atoms with E-state index in [0.29, 0.717) is 12.1 Å². The summed E-state index contributed by atoms with van der Waals surface area (Å²) >= 11 is 0. The van der Waals surface area contributed by atoms with E-state index in [4.69, 9.17) is 5.11 Å². The van der Waals surface area contributed by atoms with Crippen LogP contribution in [0.3, 0.4) is 0 Å². The number of aliphatic carboxylic acids is 1. The number of carboxylic acid groups (broad SMARTS) is 1. The third kappa shape index (κ3) is 2.71. The van der Waals surface area contributed by atoms with Crippen molar-refractivity contribution >= 4 is 23.3 Å². The van der Waals surface area contributed by atoms with E-state index < -0.39 is 11.9 Å². The Hall–Kier alpha value is -2.17. The number of hydrogen-bond acceptors (Lipinski definition) is 3. The zero-order valence-corrected chi connectivity index (χ0v) is 11.9. The van der Waals surface area contributed by atoms with E-state index >= 15 is 0 Å². The Morgan fingerprint density at radius 1 is 1.35 bits per heavy atom. The minimum atomic E-state index is -0.893. The average molecular weight is 274 g/mol. The van der Waals surface area contributed by atoms with Crippen molar-refractivity contribution in [2.75, 3.05) is 5.01 Å². The number of hydrazone groups is 1. The van der Waals surface area contributed by atoms with Gasteiger partial charge < -0.3 is 5.11 Å². The molecule has 5 heteroatoms. The van der Waals surface area contributed by atoms with Crippen LogP contribution < -0.4 is 5.01 Å². The fourth-order valence-corrected chi connectivity index (χ4v) is 2.42. The van der Waals surface area contributed by atoms with Crippen molar-refractivity contribution in [3.8, 4) is 0 Å². The molecule has 1 N–H and O–H groups in total. The van der Waals surface area contributed by atoms with Crippen molar-refractivity contribution in [3.05, 3.63) is 29.3 Å². The Morgan fingerprint density at radius 3 is 2.65 bits per heavy atom. The zero-order valence-electron chi connectivity index (χ0n) is 11.9. The summed E-state index contributed by atoms with van der Waals surface area (Å²) in [5.41, 5.74) is 3.55. The Bertz CT molecular complexity index is 593. The smallest absolute Gasteiger partial charge is 0.303 e. The SMILES string of the molecule is CC1=NN(c2ccc(C)cc2C)C(=O)[C@H]1CCC(=O)O. The van der Waals surface area contributed by atoms with E-state index in [0.717, 1.165) is 16.8 Å². The Morgan fingerprint density at radius 2 is 2.05 bits per heavy atom. The van der Waals surface area contributed by atoms with Crippen LogP contribution in [0, 0.1) is 19.8 Å². The van der Waals surface area contributed by atoms with E-state index in [2.05, 4.69) is 5.10 Å². The number of rotatable bonds is 4. The number of carbonyl (C=O) groups is 2. The van der Waals surface area contributed by atoms with Gasteiger partial charge in [0.15, 0.2) is 0 Å². The molecule has 0 bridgehead atoms. The molecule has 5 nitrogen and oxygen atoms in total. The molecule has 0 aliphatic carbocycles. The highest BCUT2D eigenvalue weighted by Gasteiger charge is 2.34. The first kappa shape index (κ1) is 14.2. The summed E-state index contributed by atoms with van der Waals surface area (Å²) in [5.74, 6) is -1.46. The molecular weight excluding hydrogens is 256 g/mol. The number of benzene rings is 1. The van der Waals surface area contributed by atoms with Gasteiger partial charge in [-0.05, 0) is 38.8 Å². The normalized spacial score (nSPS) is 18.4. The molecule has 1 amide bonds. The molecule has 1 aromatic carbocycles. The minimum absolute atomic E-state index is 0.0238. The summed E-state index contributed by atoms with van der Waals surface area (Å²) < 4.78 is 0. The highest BCUT2D eigenvalue weighted by molar-refractivity contribution is 6.15. The second kappa shape index (κ2) is 5.45. The Labute approximate surface area is 117 Å². The number of carbonyl (C=O) groups excluding carboxylic acids is 1. The molecule has 20 heavy (non-hydrogen) atoms. The van der Waals surface area contributed by atoms with Crippen LogP contribution in [-0.2, 0) is 9.59 Å². The van der Waals surface area contributed by atoms with Gasteiger partial charge in [0.2, 0.25) is 0 Å². The summed E-state index contributed by atoms with van der Waals surface area (Å²) in [6, 6.07) is 5.81. The minimum Gasteiger partial charge on any atom is -0.481 e. The maximum atomic E-state index is 12.4. The Kier molecular flexibility index (Phi) is 3.88. The van der Waals surface area contributed by atoms with Gasteiger partial charge >= 0.3 is 5.97 Å². The first-order chi connectivity index (χ1) is 9.40. The fourth-order valence-electron chi connectivity index (χ4n) is 2.42. The summed E-state index contributed by atoms with van der Waals surface area (Å²) in [6.45, 7) is 5.70. The first-order valence-corrected chi connectivity index (χ1v) is 6.58. The zero-order chi connectivity index (χ0) is 14.9. The predicted octanol–water partition coefficient (Wildman–Crippen LogP) is 2.51. The quantitative estimate of drug-likeness (QED) is 0.917. The Balaban J connectivity index is 2.23. The topological polar surface area (TPSA) is 70.0 Å². The number of carboxylic acids is 1. The largest absolute Gasteiger partial charge is 0.481 e. The van der Waals surface area contributed by atoms with Crippen LogP contribution in [0.4, 0.5) is 5.69 Å². The molecule has 0 aromatic heterocycles. The molecule has 1 atom stereocenters. The van der Waals surface area contributed by atoms with Crippen molar-refractivity contribution in [2.45, 2.75) is 33.6 Å². The summed E-state index contributed by atoms with van der Waals surface area (Å²) in [6.07, 6.45) is 0.273. The maximum Gasteiger partial charge on any atom is 0.303 e. The van der Waals surface area contributed by atoms with Gasteiger partial charge in [0, 0.05) is 12.1 Å². The van der Waals surface area contributed by atoms with Crippen molar-refractivity contribution in [1.29, 1.82) is 0 Å². The number of nitrogens with zero attached hydrogens (tertiary/aromatic N) is 2. The monoisotopic (exact) mass is 274 g/mol. The lowest BCUT2D eigenvalue weighted by molar-refractivity contribution is -0.137. The summed E-state index contributed by atoms with van der Waals surface area (Å²) in [4.78, 5) is 23.0. The van der Waals surface area contributed by atoms with Crippen LogP contribution in [0.25, 0.3) is 0 Å². The van der Waals surface area contributed by atoms with Gasteiger partial charge in [-0.25, -0.2) is 0 Å². The molecule has 106 valence electrons. The highest BCUT2D eigenvalue weighted by Crippen LogP contribution is 2.29. The molecule has 0 unspecified atom stereocenters. The number of aryl methyl sites for hydroxylation is 2. The van der Waals surface area contributed by atoms with Crippen LogP contribution >= 0.6 is 0 Å². The van der Waals surface area contributed by atoms with Crippen LogP contribution in [0.1, 0.15) is 30.9 Å². The molecule has 0 spiro atoms. The molecule has 0 saturated heterocycles. The molecule has 0 radical (unpaired) electrons. The maximum absolute atomic E-state index is 12.4. The van der Waals surface area contributed by atoms with Crippen molar-refractivity contribution in [1.82, 2.24) is 0 Å². The van der Waals surface area contributed by atoms with Gasteiger partial charge in [-0.15, -0.1) is 0 Å². The van der Waals surface area contributed by atoms with E-state index in [9.17, 15) is 9.59 Å². The molecule has 1 heterocycles. The lowest BCUT2D eigenvalue weighted by Gasteiger charge is -2.16. The van der Waals surface area contributed by atoms with Crippen molar-refractivity contribution in [2.24, 2.45) is 11.0 Å². The molecular formula is C15H18N2O3. The second-order valence-corrected chi connectivity index (χ2v) is 5.17. The first-order valence-electron chi connectivity index (χ1n) is 6.58. The lowest BCUT2D eigenvalue weighted by Crippen LogP contribution is -2.28. The molecule has 0 saturated carbocycles. The third-order valence-electron chi connectivity index (χ3n) is 3.50. The van der Waals surface area contributed by atoms with Gasteiger partial charge in [-0.3, -0.25) is 9.59 Å². The second-order valence-electron chi connectivity index (χ2n) is 5.17. The van der Waals surface area contributed by atoms with Gasteiger partial charge in [0.1, 0.15) is 0 Å². The van der Waals surface area contributed by atoms with E-state index in [1.54, 1.807) is 6.92 Å². The van der Waals surface area contributed by atoms with Crippen molar-refractivity contribution in [3.63, 3.8) is 0 Å². The van der Waals surface area contributed by atoms with E-state index in [-0.39, 0.29) is 12.3 Å². The fraction of sp³-hybridized carbons (Fsp3) is 0.400. The molecule has 2 rings (SSSR count). The van der Waals surface area contributed by atoms with Crippen molar-refractivity contribution < 1.29 is 14.7 Å². The van der Waals surface area contributed by atoms with E-state index in [1.807, 2.05) is 32.0 Å². The number of anilines is 1. The van der Waals surface area contributed by atoms with Crippen LogP contribution in [0.5, 0.6) is 0 Å². The number of amides is 1. The molecule has 1 aliphatic heterocycles. The van der Waals surface area contributed by atoms with Gasteiger partial charge in [-0.2, -0.15) is 10.1 Å². The number of hydrogen-bond donors (Lipinski definition) is 1. The highest BCUT2D eigenvalue weighted by atomic mass is 16.4. The summed E-state index contributed by atoms with van der Waals surface area (Å²) in [7, 11) is 0. The molecule has 0 fully saturated rings. The van der Waals surface area contributed by atoms with Crippen LogP contribution in [-0.4, -0.2) is 22.7 Å². The lowest BCUT2D eigenvalue weighted by atomic mass is 9.98. The van der Waals surface area contributed by atoms with Gasteiger partial charge in [0.05, 0.1) is 11.6 Å². The standard InChI is InChI=1S/C15H18N2O3/c1-9-4-6-13(10(2)8-9)17-15(20)12(11(3)16-17)5-7-14(18)19/h4,6,8,12H,5,7H2,1-3H3,(H,18,19)/t12-/m0/s1. The molecule has 1 aromatic rings. The molecule has 1 aliphatic rings. The van der Waals surface area contributed by atoms with Crippen LogP contribution in [0.2, 0.25) is 0 Å². The van der Waals surface area contributed by atoms with E-state index in [1.165, 1.54) is 5.01 Å². The predicted molar refractivity (Wildman–Crippen MR) is 76.9 cm³/mol.